The molecule has 0 saturated carbocycles. The monoisotopic (exact) mass is 365 g/mol. The molecule has 2 N–H and O–H groups in total. The van der Waals surface area contributed by atoms with Crippen molar-refractivity contribution in [3.8, 4) is 0 Å². The molecule has 0 saturated heterocycles. The van der Waals surface area contributed by atoms with E-state index in [-0.39, 0.29) is 0 Å². The number of benzene rings is 2. The summed E-state index contributed by atoms with van der Waals surface area (Å²) in [6.07, 6.45) is 1.62. The summed E-state index contributed by atoms with van der Waals surface area (Å²) in [6.45, 7) is 0. The fourth-order valence-electron chi connectivity index (χ4n) is 4.17. The summed E-state index contributed by atoms with van der Waals surface area (Å²) in [5, 5.41) is 2.11. The van der Waals surface area contributed by atoms with Gasteiger partial charge in [-0.05, 0) is 41.1 Å². The number of ether oxygens (including phenoxy) is 1. The van der Waals surface area contributed by atoms with Crippen LogP contribution in [0.15, 0.2) is 79.0 Å². The molecule has 0 fully saturated rings. The van der Waals surface area contributed by atoms with Gasteiger partial charge in [0.05, 0.1) is 11.4 Å². The highest BCUT2D eigenvalue weighted by atomic mass is 16.6. The van der Waals surface area contributed by atoms with Crippen LogP contribution in [0, 0.1) is 0 Å². The van der Waals surface area contributed by atoms with Gasteiger partial charge >= 0.3 is 5.97 Å². The predicted octanol–water partition coefficient (Wildman–Crippen LogP) is 4.51. The van der Waals surface area contributed by atoms with Crippen molar-refractivity contribution in [2.24, 2.45) is 0 Å². The van der Waals surface area contributed by atoms with Crippen LogP contribution in [0.25, 0.3) is 21.8 Å². The molecule has 1 aliphatic rings. The summed E-state index contributed by atoms with van der Waals surface area (Å²) in [4.78, 5) is 24.0. The topological polar surface area (TPSA) is 70.8 Å². The molecule has 5 nitrogen and oxygen atoms in total. The minimum Gasteiger partial charge on any atom is -0.436 e. The molecule has 4 heterocycles. The number of carbonyl (C=O) groups excluding carboxylic acids is 1. The van der Waals surface area contributed by atoms with E-state index < -0.39 is 11.6 Å². The SMILES string of the molecule is O=C1OC(c2cc3ccccc3[nH]2)(c2cc3ccccc3[nH]2)c2cccnc21. The standard InChI is InChI=1S/C23H15N3O2/c27-22-21-16(8-5-11-24-21)23(28-22,19-12-14-6-1-3-9-17(14)25-19)20-13-15-7-2-4-10-18(15)26-20/h1-13,25-26H. The van der Waals surface area contributed by atoms with Crippen molar-refractivity contribution < 1.29 is 9.53 Å². The first kappa shape index (κ1) is 15.2. The summed E-state index contributed by atoms with van der Waals surface area (Å²) in [5.74, 6) is -0.423. The van der Waals surface area contributed by atoms with Crippen molar-refractivity contribution in [1.29, 1.82) is 0 Å². The number of H-pyrrole nitrogens is 2. The van der Waals surface area contributed by atoms with Crippen LogP contribution >= 0.6 is 0 Å². The first-order valence-electron chi connectivity index (χ1n) is 9.11. The number of nitrogens with zero attached hydrogens (tertiary/aromatic N) is 1. The van der Waals surface area contributed by atoms with Gasteiger partial charge in [0.1, 0.15) is 0 Å². The number of rotatable bonds is 2. The lowest BCUT2D eigenvalue weighted by molar-refractivity contribution is 0.0227. The second kappa shape index (κ2) is 5.33. The van der Waals surface area contributed by atoms with Crippen LogP contribution in [0.1, 0.15) is 27.4 Å². The molecule has 28 heavy (non-hydrogen) atoms. The highest BCUT2D eigenvalue weighted by molar-refractivity contribution is 5.95. The minimum absolute atomic E-state index is 0.347. The summed E-state index contributed by atoms with van der Waals surface area (Å²) >= 11 is 0. The number of para-hydroxylation sites is 2. The highest BCUT2D eigenvalue weighted by Crippen LogP contribution is 2.46. The third-order valence-corrected chi connectivity index (χ3v) is 5.44. The maximum absolute atomic E-state index is 12.7. The second-order valence-corrected chi connectivity index (χ2v) is 7.01. The van der Waals surface area contributed by atoms with E-state index in [4.69, 9.17) is 4.74 Å². The zero-order valence-electron chi connectivity index (χ0n) is 14.8. The number of carbonyl (C=O) groups is 1. The Morgan fingerprint density at radius 1 is 0.786 bits per heavy atom. The lowest BCUT2D eigenvalue weighted by Gasteiger charge is -2.26. The number of pyridine rings is 1. The molecule has 0 unspecified atom stereocenters. The number of cyclic esters (lactones) is 1. The van der Waals surface area contributed by atoms with Crippen LogP contribution < -0.4 is 0 Å². The van der Waals surface area contributed by atoms with Gasteiger partial charge in [-0.2, -0.15) is 0 Å². The van der Waals surface area contributed by atoms with Gasteiger partial charge in [0.15, 0.2) is 5.69 Å². The van der Waals surface area contributed by atoms with E-state index in [2.05, 4.69) is 15.0 Å². The lowest BCUT2D eigenvalue weighted by atomic mass is 9.87. The second-order valence-electron chi connectivity index (χ2n) is 7.01. The van der Waals surface area contributed by atoms with Gasteiger partial charge in [-0.3, -0.25) is 0 Å². The van der Waals surface area contributed by atoms with Gasteiger partial charge < -0.3 is 14.7 Å². The summed E-state index contributed by atoms with van der Waals surface area (Å²) < 4.78 is 6.09. The first-order valence-corrected chi connectivity index (χ1v) is 9.11. The van der Waals surface area contributed by atoms with Crippen molar-refractivity contribution in [2.75, 3.05) is 0 Å². The van der Waals surface area contributed by atoms with Crippen molar-refractivity contribution >= 4 is 27.8 Å². The Kier molecular flexibility index (Phi) is 2.90. The summed E-state index contributed by atoms with van der Waals surface area (Å²) in [5.41, 5.74) is 3.54. The maximum atomic E-state index is 12.7. The zero-order valence-corrected chi connectivity index (χ0v) is 14.8. The lowest BCUT2D eigenvalue weighted by Crippen LogP contribution is -2.30. The van der Waals surface area contributed by atoms with Gasteiger partial charge in [-0.15, -0.1) is 0 Å². The van der Waals surface area contributed by atoms with Crippen LogP contribution in [0.3, 0.4) is 0 Å². The van der Waals surface area contributed by atoms with Crippen LogP contribution in [0.2, 0.25) is 0 Å². The Morgan fingerprint density at radius 3 is 2.00 bits per heavy atom. The van der Waals surface area contributed by atoms with E-state index >= 15 is 0 Å². The molecule has 0 amide bonds. The van der Waals surface area contributed by atoms with Gasteiger partial charge in [0.2, 0.25) is 5.60 Å². The van der Waals surface area contributed by atoms with Crippen molar-refractivity contribution in [2.45, 2.75) is 5.60 Å². The van der Waals surface area contributed by atoms with Crippen molar-refractivity contribution in [3.05, 3.63) is 102 Å². The number of aromatic nitrogens is 3. The fourth-order valence-corrected chi connectivity index (χ4v) is 4.17. The molecule has 0 atom stereocenters. The van der Waals surface area contributed by atoms with Crippen molar-refractivity contribution in [3.63, 3.8) is 0 Å². The number of aromatic amines is 2. The fraction of sp³-hybridized carbons (Fsp3) is 0.0435. The third kappa shape index (κ3) is 1.90. The van der Waals surface area contributed by atoms with Crippen LogP contribution in [-0.4, -0.2) is 20.9 Å². The third-order valence-electron chi connectivity index (χ3n) is 5.44. The molecule has 1 aliphatic heterocycles. The Hall–Kier alpha value is -3.86. The molecule has 0 bridgehead atoms. The molecule has 134 valence electrons. The van der Waals surface area contributed by atoms with E-state index in [1.165, 1.54) is 0 Å². The Balaban J connectivity index is 1.71. The Morgan fingerprint density at radius 2 is 1.39 bits per heavy atom. The highest BCUT2D eigenvalue weighted by Gasteiger charge is 2.51. The molecule has 5 aromatic rings. The van der Waals surface area contributed by atoms with E-state index in [1.54, 1.807) is 6.20 Å². The first-order chi connectivity index (χ1) is 13.8. The number of nitrogens with one attached hydrogen (secondary N) is 2. The largest absolute Gasteiger partial charge is 0.436 e. The predicted molar refractivity (Wildman–Crippen MR) is 106 cm³/mol. The molecule has 0 aliphatic carbocycles. The Labute approximate surface area is 160 Å². The van der Waals surface area contributed by atoms with Crippen LogP contribution in [0.4, 0.5) is 0 Å². The van der Waals surface area contributed by atoms with E-state index in [1.807, 2.05) is 72.8 Å². The van der Waals surface area contributed by atoms with Gasteiger partial charge in [-0.25, -0.2) is 9.78 Å². The molecule has 2 aromatic carbocycles. The van der Waals surface area contributed by atoms with Crippen LogP contribution in [0.5, 0.6) is 0 Å². The smallest absolute Gasteiger partial charge is 0.359 e. The molecule has 3 aromatic heterocycles. The number of hydrogen-bond acceptors (Lipinski definition) is 3. The molecule has 5 heteroatoms. The normalized spacial score (nSPS) is 15.1. The average Bonchev–Trinajstić information content (AvgIpc) is 3.42. The summed E-state index contributed by atoms with van der Waals surface area (Å²) in [7, 11) is 0. The van der Waals surface area contributed by atoms with Gasteiger partial charge in [0, 0.05) is 22.8 Å². The molecule has 0 spiro atoms. The molecular weight excluding hydrogens is 350 g/mol. The number of hydrogen-bond donors (Lipinski definition) is 2. The molecule has 6 rings (SSSR count). The van der Waals surface area contributed by atoms with E-state index in [0.29, 0.717) is 5.69 Å². The molecular formula is C23H15N3O2. The number of fused-ring (bicyclic) bond motifs is 3. The minimum atomic E-state index is -1.10. The number of esters is 1. The van der Waals surface area contributed by atoms with E-state index in [9.17, 15) is 4.79 Å². The van der Waals surface area contributed by atoms with Crippen LogP contribution in [-0.2, 0) is 10.3 Å². The molecule has 0 radical (unpaired) electrons. The average molecular weight is 365 g/mol. The quantitative estimate of drug-likeness (QED) is 0.452. The van der Waals surface area contributed by atoms with Gasteiger partial charge in [-0.1, -0.05) is 42.5 Å². The maximum Gasteiger partial charge on any atom is 0.359 e. The Bertz CT molecular complexity index is 1240. The zero-order chi connectivity index (χ0) is 18.7. The summed E-state index contributed by atoms with van der Waals surface area (Å²) in [6, 6.07) is 23.9. The van der Waals surface area contributed by atoms with Crippen molar-refractivity contribution in [1.82, 2.24) is 15.0 Å². The van der Waals surface area contributed by atoms with E-state index in [0.717, 1.165) is 38.8 Å². The van der Waals surface area contributed by atoms with Gasteiger partial charge in [0.25, 0.3) is 0 Å².